The van der Waals surface area contributed by atoms with Gasteiger partial charge in [0.15, 0.2) is 5.78 Å². The smallest absolute Gasteiger partial charge is 0.419 e. The molecule has 0 aliphatic carbocycles. The van der Waals surface area contributed by atoms with Crippen molar-refractivity contribution in [2.24, 2.45) is 0 Å². The second-order valence-electron chi connectivity index (χ2n) is 3.32. The second-order valence-corrected chi connectivity index (χ2v) is 3.72. The molecule has 0 saturated heterocycles. The Morgan fingerprint density at radius 3 is 2.41 bits per heavy atom. The molecule has 17 heavy (non-hydrogen) atoms. The zero-order chi connectivity index (χ0) is 13.2. The summed E-state index contributed by atoms with van der Waals surface area (Å²) < 4.78 is 43.0. The highest BCUT2D eigenvalue weighted by atomic mass is 35.5. The second kappa shape index (κ2) is 4.96. The predicted octanol–water partition coefficient (Wildman–Crippen LogP) is 3.96. The summed E-state index contributed by atoms with van der Waals surface area (Å²) in [7, 11) is 0. The fourth-order valence-electron chi connectivity index (χ4n) is 1.32. The molecule has 0 amide bonds. The number of benzene rings is 1. The van der Waals surface area contributed by atoms with Crippen LogP contribution < -0.4 is 4.74 Å². The highest BCUT2D eigenvalue weighted by Gasteiger charge is 2.35. The maximum atomic E-state index is 12.7. The minimum atomic E-state index is -4.58. The molecule has 0 radical (unpaired) electrons. The molecule has 0 fully saturated rings. The largest absolute Gasteiger partial charge is 0.493 e. The molecule has 0 aliphatic rings. The summed E-state index contributed by atoms with van der Waals surface area (Å²) in [5.41, 5.74) is -1.16. The van der Waals surface area contributed by atoms with Crippen molar-refractivity contribution in [3.8, 4) is 5.75 Å². The van der Waals surface area contributed by atoms with E-state index >= 15 is 0 Å². The van der Waals surface area contributed by atoms with Crippen molar-refractivity contribution in [3.63, 3.8) is 0 Å². The van der Waals surface area contributed by atoms with Crippen LogP contribution in [0.3, 0.4) is 0 Å². The van der Waals surface area contributed by atoms with Crippen LogP contribution in [-0.2, 0) is 6.18 Å². The molecular weight excluding hydrogens is 257 g/mol. The van der Waals surface area contributed by atoms with E-state index in [0.29, 0.717) is 0 Å². The standard InChI is InChI=1S/C11H10ClF3O2/c1-3-17-10-5-9(12)7(6(2)16)4-8(10)11(13,14)15/h4-5H,3H2,1-2H3. The van der Waals surface area contributed by atoms with Crippen molar-refractivity contribution in [2.45, 2.75) is 20.0 Å². The van der Waals surface area contributed by atoms with Crippen LogP contribution in [0.15, 0.2) is 12.1 Å². The van der Waals surface area contributed by atoms with Gasteiger partial charge in [0.25, 0.3) is 0 Å². The van der Waals surface area contributed by atoms with Gasteiger partial charge >= 0.3 is 6.18 Å². The number of halogens is 4. The Hall–Kier alpha value is -1.23. The minimum absolute atomic E-state index is 0.0473. The van der Waals surface area contributed by atoms with E-state index in [4.69, 9.17) is 16.3 Å². The van der Waals surface area contributed by atoms with Crippen LogP contribution in [0, 0.1) is 0 Å². The van der Waals surface area contributed by atoms with Gasteiger partial charge in [-0.25, -0.2) is 0 Å². The maximum absolute atomic E-state index is 12.7. The van der Waals surface area contributed by atoms with Gasteiger partial charge < -0.3 is 4.74 Å². The third-order valence-corrected chi connectivity index (χ3v) is 2.37. The van der Waals surface area contributed by atoms with Gasteiger partial charge in [0.05, 0.1) is 17.2 Å². The number of Topliss-reactive ketones (excluding diaryl/α,β-unsaturated/α-hetero) is 1. The quantitative estimate of drug-likeness (QED) is 0.774. The summed E-state index contributed by atoms with van der Waals surface area (Å²) in [6.07, 6.45) is -4.58. The van der Waals surface area contributed by atoms with Crippen LogP contribution in [0.1, 0.15) is 29.8 Å². The van der Waals surface area contributed by atoms with Crippen LogP contribution in [0.5, 0.6) is 5.75 Å². The van der Waals surface area contributed by atoms with Gasteiger partial charge in [-0.1, -0.05) is 11.6 Å². The maximum Gasteiger partial charge on any atom is 0.419 e. The SMILES string of the molecule is CCOc1cc(Cl)c(C(C)=O)cc1C(F)(F)F. The molecular formula is C11H10ClF3O2. The zero-order valence-electron chi connectivity index (χ0n) is 9.19. The first-order valence-electron chi connectivity index (χ1n) is 4.81. The monoisotopic (exact) mass is 266 g/mol. The highest BCUT2D eigenvalue weighted by Crippen LogP contribution is 2.39. The number of ketones is 1. The molecule has 94 valence electrons. The molecule has 0 bridgehead atoms. The first kappa shape index (κ1) is 13.8. The number of carbonyl (C=O) groups is 1. The van der Waals surface area contributed by atoms with E-state index in [9.17, 15) is 18.0 Å². The molecule has 1 aromatic rings. The number of alkyl halides is 3. The van der Waals surface area contributed by atoms with Crippen molar-refractivity contribution in [1.82, 2.24) is 0 Å². The van der Waals surface area contributed by atoms with E-state index in [1.54, 1.807) is 6.92 Å². The van der Waals surface area contributed by atoms with Gasteiger partial charge in [-0.2, -0.15) is 13.2 Å². The Morgan fingerprint density at radius 1 is 1.41 bits per heavy atom. The lowest BCUT2D eigenvalue weighted by Gasteiger charge is -2.15. The van der Waals surface area contributed by atoms with Crippen molar-refractivity contribution in [1.29, 1.82) is 0 Å². The first-order valence-corrected chi connectivity index (χ1v) is 5.19. The van der Waals surface area contributed by atoms with Crippen LogP contribution in [0.4, 0.5) is 13.2 Å². The molecule has 0 heterocycles. The molecule has 6 heteroatoms. The topological polar surface area (TPSA) is 26.3 Å². The fraction of sp³-hybridized carbons (Fsp3) is 0.364. The summed E-state index contributed by atoms with van der Waals surface area (Å²) in [5, 5.41) is -0.0473. The van der Waals surface area contributed by atoms with Crippen molar-refractivity contribution < 1.29 is 22.7 Å². The van der Waals surface area contributed by atoms with Crippen LogP contribution in [0.25, 0.3) is 0 Å². The van der Waals surface area contributed by atoms with Crippen molar-refractivity contribution in [3.05, 3.63) is 28.3 Å². The summed E-state index contributed by atoms with van der Waals surface area (Å²) in [5.74, 6) is -0.890. The third kappa shape index (κ3) is 3.12. The van der Waals surface area contributed by atoms with Gasteiger partial charge in [0.1, 0.15) is 5.75 Å². The van der Waals surface area contributed by atoms with E-state index in [-0.39, 0.29) is 22.9 Å². The molecule has 1 aromatic carbocycles. The number of rotatable bonds is 3. The molecule has 1 rings (SSSR count). The summed E-state index contributed by atoms with van der Waals surface area (Å²) >= 11 is 5.71. The lowest BCUT2D eigenvalue weighted by atomic mass is 10.1. The number of hydrogen-bond acceptors (Lipinski definition) is 2. The molecule has 0 spiro atoms. The van der Waals surface area contributed by atoms with Crippen LogP contribution in [0.2, 0.25) is 5.02 Å². The average Bonchev–Trinajstić information content (AvgIpc) is 2.15. The lowest BCUT2D eigenvalue weighted by Crippen LogP contribution is -2.10. The van der Waals surface area contributed by atoms with Gasteiger partial charge in [0.2, 0.25) is 0 Å². The third-order valence-electron chi connectivity index (χ3n) is 2.05. The van der Waals surface area contributed by atoms with Gasteiger partial charge in [0, 0.05) is 11.6 Å². The zero-order valence-corrected chi connectivity index (χ0v) is 9.95. The van der Waals surface area contributed by atoms with Crippen LogP contribution >= 0.6 is 11.6 Å². The fourth-order valence-corrected chi connectivity index (χ4v) is 1.61. The number of carbonyl (C=O) groups excluding carboxylic acids is 1. The van der Waals surface area contributed by atoms with E-state index in [1.807, 2.05) is 0 Å². The minimum Gasteiger partial charge on any atom is -0.493 e. The van der Waals surface area contributed by atoms with Gasteiger partial charge in [-0.3, -0.25) is 4.79 Å². The first-order chi connectivity index (χ1) is 7.77. The van der Waals surface area contributed by atoms with E-state index < -0.39 is 17.5 Å². The van der Waals surface area contributed by atoms with E-state index in [0.717, 1.165) is 19.1 Å². The Balaban J connectivity index is 3.42. The summed E-state index contributed by atoms with van der Waals surface area (Å²) in [6, 6.07) is 1.74. The molecule has 0 aromatic heterocycles. The van der Waals surface area contributed by atoms with Crippen molar-refractivity contribution in [2.75, 3.05) is 6.61 Å². The normalized spacial score (nSPS) is 11.4. The van der Waals surface area contributed by atoms with E-state index in [2.05, 4.69) is 0 Å². The van der Waals surface area contributed by atoms with Crippen LogP contribution in [-0.4, -0.2) is 12.4 Å². The molecule has 0 aliphatic heterocycles. The van der Waals surface area contributed by atoms with Gasteiger partial charge in [-0.05, 0) is 19.9 Å². The lowest BCUT2D eigenvalue weighted by molar-refractivity contribution is -0.138. The van der Waals surface area contributed by atoms with Crippen molar-refractivity contribution >= 4 is 17.4 Å². The molecule has 0 atom stereocenters. The molecule has 0 N–H and O–H groups in total. The Kier molecular flexibility index (Phi) is 4.03. The summed E-state index contributed by atoms with van der Waals surface area (Å²) in [4.78, 5) is 11.1. The van der Waals surface area contributed by atoms with Gasteiger partial charge in [-0.15, -0.1) is 0 Å². The number of ether oxygens (including phenoxy) is 1. The summed E-state index contributed by atoms with van der Waals surface area (Å²) in [6.45, 7) is 2.80. The molecule has 0 unspecified atom stereocenters. The predicted molar refractivity (Wildman–Crippen MR) is 57.6 cm³/mol. The Morgan fingerprint density at radius 2 is 2.00 bits per heavy atom. The average molecular weight is 267 g/mol. The molecule has 2 nitrogen and oxygen atoms in total. The Labute approximate surface area is 101 Å². The van der Waals surface area contributed by atoms with E-state index in [1.165, 1.54) is 0 Å². The highest BCUT2D eigenvalue weighted by molar-refractivity contribution is 6.34. The molecule has 0 saturated carbocycles. The number of hydrogen-bond donors (Lipinski definition) is 0. The Bertz CT molecular complexity index is 441.